The highest BCUT2D eigenvalue weighted by atomic mass is 15.1. The average molecular weight is 201 g/mol. The second-order valence-electron chi connectivity index (χ2n) is 3.77. The second-order valence-corrected chi connectivity index (χ2v) is 3.77. The number of anilines is 1. The maximum absolute atomic E-state index is 5.79. The minimum atomic E-state index is 0.579. The van der Waals surface area contributed by atoms with Gasteiger partial charge in [-0.1, -0.05) is 24.3 Å². The lowest BCUT2D eigenvalue weighted by Gasteiger charge is -2.09. The van der Waals surface area contributed by atoms with E-state index in [0.717, 1.165) is 12.2 Å². The van der Waals surface area contributed by atoms with E-state index in [0.29, 0.717) is 5.95 Å². The van der Waals surface area contributed by atoms with E-state index in [1.807, 2.05) is 23.6 Å². The van der Waals surface area contributed by atoms with Gasteiger partial charge in [-0.3, -0.25) is 0 Å². The lowest BCUT2D eigenvalue weighted by atomic mass is 10.1. The summed E-state index contributed by atoms with van der Waals surface area (Å²) in [5.41, 5.74) is 9.45. The molecule has 1 aromatic carbocycles. The number of imidazole rings is 1. The Kier molecular flexibility index (Phi) is 2.46. The van der Waals surface area contributed by atoms with Crippen LogP contribution in [0.1, 0.15) is 16.8 Å². The number of hydrogen-bond donors (Lipinski definition) is 1. The first-order chi connectivity index (χ1) is 7.18. The summed E-state index contributed by atoms with van der Waals surface area (Å²) in [5, 5.41) is 0. The van der Waals surface area contributed by atoms with Crippen LogP contribution in [0.15, 0.2) is 30.5 Å². The lowest BCUT2D eigenvalue weighted by Crippen LogP contribution is -2.07. The summed E-state index contributed by atoms with van der Waals surface area (Å²) in [6.07, 6.45) is 1.80. The van der Waals surface area contributed by atoms with Gasteiger partial charge in [0.1, 0.15) is 0 Å². The number of rotatable bonds is 2. The van der Waals surface area contributed by atoms with Crippen LogP contribution in [0.5, 0.6) is 0 Å². The molecular weight excluding hydrogens is 186 g/mol. The van der Waals surface area contributed by atoms with Gasteiger partial charge in [0.25, 0.3) is 0 Å². The van der Waals surface area contributed by atoms with Crippen molar-refractivity contribution in [2.75, 3.05) is 5.73 Å². The molecule has 0 radical (unpaired) electrons. The van der Waals surface area contributed by atoms with E-state index in [9.17, 15) is 0 Å². The summed E-state index contributed by atoms with van der Waals surface area (Å²) in [4.78, 5) is 4.08. The molecule has 1 aromatic heterocycles. The SMILES string of the molecule is Cc1ccccc1Cn1c(C)cnc1N. The molecule has 2 N–H and O–H groups in total. The van der Waals surface area contributed by atoms with Crippen LogP contribution < -0.4 is 5.73 Å². The zero-order valence-corrected chi connectivity index (χ0v) is 9.07. The fourth-order valence-corrected chi connectivity index (χ4v) is 1.64. The first-order valence-corrected chi connectivity index (χ1v) is 5.00. The Bertz CT molecular complexity index is 452. The van der Waals surface area contributed by atoms with Gasteiger partial charge in [-0.2, -0.15) is 0 Å². The quantitative estimate of drug-likeness (QED) is 0.808. The van der Waals surface area contributed by atoms with E-state index in [2.05, 4.69) is 24.0 Å². The normalized spacial score (nSPS) is 10.5. The Morgan fingerprint density at radius 1 is 1.27 bits per heavy atom. The lowest BCUT2D eigenvalue weighted by molar-refractivity contribution is 0.778. The third-order valence-electron chi connectivity index (χ3n) is 2.68. The van der Waals surface area contributed by atoms with Crippen LogP contribution in [-0.4, -0.2) is 9.55 Å². The topological polar surface area (TPSA) is 43.8 Å². The van der Waals surface area contributed by atoms with Crippen LogP contribution in [-0.2, 0) is 6.54 Å². The smallest absolute Gasteiger partial charge is 0.200 e. The standard InChI is InChI=1S/C12H15N3/c1-9-5-3-4-6-11(9)8-15-10(2)7-14-12(15)13/h3-7H,8H2,1-2H3,(H2,13,14). The van der Waals surface area contributed by atoms with Crippen LogP contribution in [0.3, 0.4) is 0 Å². The predicted molar refractivity (Wildman–Crippen MR) is 61.7 cm³/mol. The molecule has 0 saturated heterocycles. The summed E-state index contributed by atoms with van der Waals surface area (Å²) in [7, 11) is 0. The highest BCUT2D eigenvalue weighted by Gasteiger charge is 2.05. The van der Waals surface area contributed by atoms with Gasteiger partial charge in [0.15, 0.2) is 0 Å². The van der Waals surface area contributed by atoms with Gasteiger partial charge in [-0.25, -0.2) is 4.98 Å². The van der Waals surface area contributed by atoms with Crippen LogP contribution in [0.2, 0.25) is 0 Å². The van der Waals surface area contributed by atoms with Crippen LogP contribution >= 0.6 is 0 Å². The largest absolute Gasteiger partial charge is 0.369 e. The number of nitrogens with two attached hydrogens (primary N) is 1. The van der Waals surface area contributed by atoms with Crippen molar-refractivity contribution in [2.24, 2.45) is 0 Å². The summed E-state index contributed by atoms with van der Waals surface area (Å²) in [5.74, 6) is 0.579. The van der Waals surface area contributed by atoms with E-state index in [1.54, 1.807) is 6.20 Å². The van der Waals surface area contributed by atoms with E-state index < -0.39 is 0 Å². The molecule has 1 heterocycles. The third-order valence-corrected chi connectivity index (χ3v) is 2.68. The van der Waals surface area contributed by atoms with Crippen molar-refractivity contribution in [3.63, 3.8) is 0 Å². The molecule has 2 aromatic rings. The number of benzene rings is 1. The molecule has 0 fully saturated rings. The molecule has 0 aliphatic rings. The molecule has 15 heavy (non-hydrogen) atoms. The summed E-state index contributed by atoms with van der Waals surface area (Å²) >= 11 is 0. The average Bonchev–Trinajstić information content (AvgIpc) is 2.53. The first kappa shape index (κ1) is 9.77. The van der Waals surface area contributed by atoms with Gasteiger partial charge < -0.3 is 10.3 Å². The zero-order valence-electron chi connectivity index (χ0n) is 9.07. The number of nitrogen functional groups attached to an aromatic ring is 1. The molecule has 0 bridgehead atoms. The summed E-state index contributed by atoms with van der Waals surface area (Å²) < 4.78 is 2.02. The molecule has 0 unspecified atom stereocenters. The van der Waals surface area contributed by atoms with Crippen molar-refractivity contribution in [3.05, 3.63) is 47.3 Å². The molecule has 0 aliphatic heterocycles. The van der Waals surface area contributed by atoms with Crippen molar-refractivity contribution in [2.45, 2.75) is 20.4 Å². The highest BCUT2D eigenvalue weighted by Crippen LogP contribution is 2.13. The van der Waals surface area contributed by atoms with Gasteiger partial charge in [-0.15, -0.1) is 0 Å². The maximum atomic E-state index is 5.79. The molecule has 0 spiro atoms. The fraction of sp³-hybridized carbons (Fsp3) is 0.250. The highest BCUT2D eigenvalue weighted by molar-refractivity contribution is 5.29. The molecule has 0 atom stereocenters. The van der Waals surface area contributed by atoms with E-state index in [4.69, 9.17) is 5.73 Å². The molecule has 0 amide bonds. The zero-order chi connectivity index (χ0) is 10.8. The predicted octanol–water partition coefficient (Wildman–Crippen LogP) is 2.13. The Hall–Kier alpha value is -1.77. The van der Waals surface area contributed by atoms with Crippen molar-refractivity contribution in [1.82, 2.24) is 9.55 Å². The van der Waals surface area contributed by atoms with Crippen molar-refractivity contribution >= 4 is 5.95 Å². The second kappa shape index (κ2) is 3.77. The number of aromatic nitrogens is 2. The minimum absolute atomic E-state index is 0.579. The molecule has 78 valence electrons. The van der Waals surface area contributed by atoms with Crippen LogP contribution in [0.4, 0.5) is 5.95 Å². The van der Waals surface area contributed by atoms with Crippen molar-refractivity contribution in [1.29, 1.82) is 0 Å². The monoisotopic (exact) mass is 201 g/mol. The van der Waals surface area contributed by atoms with Gasteiger partial charge in [0, 0.05) is 5.69 Å². The molecule has 3 heteroatoms. The third kappa shape index (κ3) is 1.86. The molecule has 0 aliphatic carbocycles. The molecule has 2 rings (SSSR count). The van der Waals surface area contributed by atoms with Crippen LogP contribution in [0, 0.1) is 13.8 Å². The Labute approximate surface area is 89.6 Å². The maximum Gasteiger partial charge on any atom is 0.200 e. The first-order valence-electron chi connectivity index (χ1n) is 5.00. The Morgan fingerprint density at radius 2 is 2.00 bits per heavy atom. The molecule has 0 saturated carbocycles. The summed E-state index contributed by atoms with van der Waals surface area (Å²) in [6.45, 7) is 4.92. The molecule has 3 nitrogen and oxygen atoms in total. The Balaban J connectivity index is 2.34. The number of aryl methyl sites for hydroxylation is 2. The van der Waals surface area contributed by atoms with Crippen molar-refractivity contribution in [3.8, 4) is 0 Å². The number of nitrogens with zero attached hydrogens (tertiary/aromatic N) is 2. The minimum Gasteiger partial charge on any atom is -0.369 e. The Morgan fingerprint density at radius 3 is 2.60 bits per heavy atom. The van der Waals surface area contributed by atoms with Gasteiger partial charge in [-0.05, 0) is 25.0 Å². The van der Waals surface area contributed by atoms with E-state index in [1.165, 1.54) is 11.1 Å². The number of hydrogen-bond acceptors (Lipinski definition) is 2. The summed E-state index contributed by atoms with van der Waals surface area (Å²) in [6, 6.07) is 8.32. The van der Waals surface area contributed by atoms with Crippen LogP contribution in [0.25, 0.3) is 0 Å². The van der Waals surface area contributed by atoms with E-state index >= 15 is 0 Å². The van der Waals surface area contributed by atoms with Gasteiger partial charge in [0.05, 0.1) is 12.7 Å². The fourth-order valence-electron chi connectivity index (χ4n) is 1.64. The van der Waals surface area contributed by atoms with Gasteiger partial charge in [0.2, 0.25) is 5.95 Å². The van der Waals surface area contributed by atoms with Gasteiger partial charge >= 0.3 is 0 Å². The van der Waals surface area contributed by atoms with Crippen molar-refractivity contribution < 1.29 is 0 Å². The van der Waals surface area contributed by atoms with E-state index in [-0.39, 0.29) is 0 Å². The molecular formula is C12H15N3.